The molecule has 2 atom stereocenters. The van der Waals surface area contributed by atoms with E-state index in [0.717, 1.165) is 21.0 Å². The Bertz CT molecular complexity index is 1800. The van der Waals surface area contributed by atoms with E-state index in [2.05, 4.69) is 19.2 Å². The highest BCUT2D eigenvalue weighted by Gasteiger charge is 2.35. The van der Waals surface area contributed by atoms with Gasteiger partial charge in [0.2, 0.25) is 11.8 Å². The summed E-state index contributed by atoms with van der Waals surface area (Å²) >= 11 is 12.8. The summed E-state index contributed by atoms with van der Waals surface area (Å²) in [5.41, 5.74) is 3.68. The number of aryl methyl sites for hydroxylation is 1. The molecule has 4 aromatic carbocycles. The van der Waals surface area contributed by atoms with E-state index in [1.807, 2.05) is 63.2 Å². The first-order chi connectivity index (χ1) is 22.8. The summed E-state index contributed by atoms with van der Waals surface area (Å²) in [6.45, 7) is 9.24. The van der Waals surface area contributed by atoms with Crippen LogP contribution >= 0.6 is 23.2 Å². The second kappa shape index (κ2) is 16.5. The van der Waals surface area contributed by atoms with Gasteiger partial charge in [-0.2, -0.15) is 0 Å². The molecular weight excluding hydrogens is 665 g/mol. The molecule has 0 saturated carbocycles. The molecule has 0 bridgehead atoms. The van der Waals surface area contributed by atoms with E-state index in [-0.39, 0.29) is 35.7 Å². The van der Waals surface area contributed by atoms with E-state index in [1.165, 1.54) is 17.0 Å². The van der Waals surface area contributed by atoms with Gasteiger partial charge in [0.15, 0.2) is 0 Å². The van der Waals surface area contributed by atoms with Gasteiger partial charge in [0.25, 0.3) is 10.0 Å². The van der Waals surface area contributed by atoms with Crippen molar-refractivity contribution in [3.63, 3.8) is 0 Å². The average Bonchev–Trinajstić information content (AvgIpc) is 3.06. The maximum absolute atomic E-state index is 14.7. The van der Waals surface area contributed by atoms with Gasteiger partial charge in [-0.05, 0) is 79.3 Å². The predicted octanol–water partition coefficient (Wildman–Crippen LogP) is 8.18. The number of halogens is 2. The molecule has 0 radical (unpaired) electrons. The third-order valence-electron chi connectivity index (χ3n) is 8.36. The van der Waals surface area contributed by atoms with Crippen LogP contribution in [0, 0.1) is 6.92 Å². The normalized spacial score (nSPS) is 12.8. The van der Waals surface area contributed by atoms with Crippen LogP contribution in [0.25, 0.3) is 0 Å². The molecule has 4 rings (SSSR count). The number of anilines is 1. The first-order valence-electron chi connectivity index (χ1n) is 16.1. The van der Waals surface area contributed by atoms with Crippen LogP contribution in [-0.2, 0) is 32.6 Å². The maximum atomic E-state index is 14.7. The summed E-state index contributed by atoms with van der Waals surface area (Å²) in [6.07, 6.45) is 0.892. The molecular formula is C38H43Cl2N3O4S. The van der Waals surface area contributed by atoms with Crippen molar-refractivity contribution < 1.29 is 18.0 Å². The molecule has 0 aliphatic heterocycles. The van der Waals surface area contributed by atoms with Crippen molar-refractivity contribution in [1.82, 2.24) is 10.2 Å². The van der Waals surface area contributed by atoms with Crippen LogP contribution in [0.5, 0.6) is 0 Å². The quantitative estimate of drug-likeness (QED) is 0.143. The number of carbonyl (C=O) groups is 2. The molecule has 1 N–H and O–H groups in total. The van der Waals surface area contributed by atoms with Crippen molar-refractivity contribution in [2.75, 3.05) is 10.8 Å². The molecule has 0 unspecified atom stereocenters. The largest absolute Gasteiger partial charge is 0.352 e. The molecule has 0 saturated heterocycles. The first kappa shape index (κ1) is 37.0. The zero-order chi connectivity index (χ0) is 35.0. The van der Waals surface area contributed by atoms with Gasteiger partial charge >= 0.3 is 0 Å². The van der Waals surface area contributed by atoms with Crippen LogP contribution in [0.1, 0.15) is 62.3 Å². The van der Waals surface area contributed by atoms with E-state index in [4.69, 9.17) is 23.2 Å². The summed E-state index contributed by atoms with van der Waals surface area (Å²) in [5.74, 6) is -0.684. The Morgan fingerprint density at radius 2 is 1.50 bits per heavy atom. The topological polar surface area (TPSA) is 86.8 Å². The van der Waals surface area contributed by atoms with Crippen molar-refractivity contribution in [1.29, 1.82) is 0 Å². The van der Waals surface area contributed by atoms with Crippen molar-refractivity contribution in [3.05, 3.63) is 129 Å². The molecule has 254 valence electrons. The lowest BCUT2D eigenvalue weighted by atomic mass is 10.0. The first-order valence-corrected chi connectivity index (χ1v) is 18.3. The highest BCUT2D eigenvalue weighted by atomic mass is 35.5. The molecule has 7 nitrogen and oxygen atoms in total. The molecule has 4 aromatic rings. The molecule has 48 heavy (non-hydrogen) atoms. The van der Waals surface area contributed by atoms with Gasteiger partial charge in [-0.3, -0.25) is 13.9 Å². The molecule has 0 aromatic heterocycles. The lowest BCUT2D eigenvalue weighted by Crippen LogP contribution is -2.54. The van der Waals surface area contributed by atoms with Gasteiger partial charge in [-0.25, -0.2) is 8.42 Å². The predicted molar refractivity (Wildman–Crippen MR) is 195 cm³/mol. The van der Waals surface area contributed by atoms with Gasteiger partial charge < -0.3 is 10.2 Å². The van der Waals surface area contributed by atoms with Crippen molar-refractivity contribution in [2.24, 2.45) is 0 Å². The molecule has 0 aliphatic rings. The van der Waals surface area contributed by atoms with Gasteiger partial charge in [0, 0.05) is 29.1 Å². The molecule has 10 heteroatoms. The van der Waals surface area contributed by atoms with Gasteiger partial charge in [-0.1, -0.05) is 110 Å². The summed E-state index contributed by atoms with van der Waals surface area (Å²) < 4.78 is 29.7. The lowest BCUT2D eigenvalue weighted by molar-refractivity contribution is -0.140. The number of sulfonamides is 1. The Hall–Kier alpha value is -3.85. The Kier molecular flexibility index (Phi) is 12.7. The minimum Gasteiger partial charge on any atom is -0.352 e. The third kappa shape index (κ3) is 9.40. The summed E-state index contributed by atoms with van der Waals surface area (Å²) in [4.78, 5) is 30.2. The Morgan fingerprint density at radius 3 is 2.08 bits per heavy atom. The monoisotopic (exact) mass is 707 g/mol. The average molecular weight is 709 g/mol. The zero-order valence-corrected chi connectivity index (χ0v) is 30.3. The van der Waals surface area contributed by atoms with Crippen LogP contribution in [0.15, 0.2) is 102 Å². The lowest BCUT2D eigenvalue weighted by Gasteiger charge is -2.34. The van der Waals surface area contributed by atoms with Crippen molar-refractivity contribution >= 4 is 50.7 Å². The summed E-state index contributed by atoms with van der Waals surface area (Å²) in [5, 5.41) is 3.80. The second-order valence-corrected chi connectivity index (χ2v) is 15.1. The number of nitrogens with zero attached hydrogens (tertiary/aromatic N) is 2. The van der Waals surface area contributed by atoms with E-state index < -0.39 is 28.5 Å². The minimum absolute atomic E-state index is 0.0506. The van der Waals surface area contributed by atoms with Crippen LogP contribution in [0.2, 0.25) is 10.0 Å². The van der Waals surface area contributed by atoms with Gasteiger partial charge in [-0.15, -0.1) is 0 Å². The minimum atomic E-state index is -4.21. The van der Waals surface area contributed by atoms with Crippen LogP contribution in [-0.4, -0.2) is 43.8 Å². The van der Waals surface area contributed by atoms with Crippen molar-refractivity contribution in [3.8, 4) is 0 Å². The molecule has 2 amide bonds. The van der Waals surface area contributed by atoms with Gasteiger partial charge in [0.1, 0.15) is 12.6 Å². The SMILES string of the molecule is CC[C@@H](C)NC(=O)[C@@H](Cc1ccccc1)N(Cc1ccc(Cl)cc1Cl)C(=O)CN(c1ccc(C(C)C)cc1)S(=O)(=O)c1ccc(C)cc1. The highest BCUT2D eigenvalue weighted by molar-refractivity contribution is 7.92. The van der Waals surface area contributed by atoms with Crippen LogP contribution in [0.3, 0.4) is 0 Å². The number of hydrogen-bond donors (Lipinski definition) is 1. The Balaban J connectivity index is 1.84. The number of nitrogens with one attached hydrogen (secondary N) is 1. The third-order valence-corrected chi connectivity index (χ3v) is 10.7. The summed E-state index contributed by atoms with van der Waals surface area (Å²) in [6, 6.07) is 26.9. The molecule has 0 spiro atoms. The smallest absolute Gasteiger partial charge is 0.264 e. The second-order valence-electron chi connectivity index (χ2n) is 12.4. The fourth-order valence-electron chi connectivity index (χ4n) is 5.22. The molecule has 0 heterocycles. The van der Waals surface area contributed by atoms with E-state index in [0.29, 0.717) is 27.7 Å². The van der Waals surface area contributed by atoms with Gasteiger partial charge in [0.05, 0.1) is 10.6 Å². The summed E-state index contributed by atoms with van der Waals surface area (Å²) in [7, 11) is -4.21. The zero-order valence-electron chi connectivity index (χ0n) is 28.0. The van der Waals surface area contributed by atoms with Crippen molar-refractivity contribution in [2.45, 2.75) is 76.9 Å². The highest BCUT2D eigenvalue weighted by Crippen LogP contribution is 2.28. The maximum Gasteiger partial charge on any atom is 0.264 e. The standard InChI is InChI=1S/C38H43Cl2N3O4S/c1-6-28(5)41-38(45)36(22-29-10-8-7-9-11-29)42(24-31-14-17-32(39)23-35(31)40)37(44)25-43(33-18-15-30(16-19-33)26(2)3)48(46,47)34-20-12-27(4)13-21-34/h7-21,23,26,28,36H,6,22,24-25H2,1-5H3,(H,41,45)/t28-,36-/m1/s1. The Morgan fingerprint density at radius 1 is 0.854 bits per heavy atom. The fraction of sp³-hybridized carbons (Fsp3) is 0.316. The van der Waals surface area contributed by atoms with E-state index >= 15 is 0 Å². The molecule has 0 aliphatic carbocycles. The number of amides is 2. The number of benzene rings is 4. The van der Waals surface area contributed by atoms with E-state index in [1.54, 1.807) is 42.5 Å². The van der Waals surface area contributed by atoms with Crippen LogP contribution in [0.4, 0.5) is 5.69 Å². The number of hydrogen-bond acceptors (Lipinski definition) is 4. The van der Waals surface area contributed by atoms with E-state index in [9.17, 15) is 18.0 Å². The fourth-order valence-corrected chi connectivity index (χ4v) is 7.10. The molecule has 0 fully saturated rings. The number of rotatable bonds is 14. The Labute approximate surface area is 294 Å². The van der Waals surface area contributed by atoms with Crippen LogP contribution < -0.4 is 9.62 Å². The number of carbonyl (C=O) groups excluding carboxylic acids is 2.